The summed E-state index contributed by atoms with van der Waals surface area (Å²) in [5, 5.41) is 0.652. The Hall–Kier alpha value is -0.130. The zero-order valence-corrected chi connectivity index (χ0v) is 10.9. The third kappa shape index (κ3) is 3.22. The zero-order valence-electron chi connectivity index (χ0n) is 7.22. The first-order chi connectivity index (χ1) is 6.50. The van der Waals surface area contributed by atoms with E-state index in [-0.39, 0.29) is 5.78 Å². The van der Waals surface area contributed by atoms with Crippen molar-refractivity contribution in [3.63, 3.8) is 0 Å². The van der Waals surface area contributed by atoms with Crippen LogP contribution in [0.5, 0.6) is 0 Å². The van der Waals surface area contributed by atoms with E-state index in [1.54, 1.807) is 12.1 Å². The van der Waals surface area contributed by atoms with Crippen molar-refractivity contribution in [2.75, 3.05) is 0 Å². The molecule has 0 radical (unpaired) electrons. The molecule has 0 fully saturated rings. The van der Waals surface area contributed by atoms with E-state index < -0.39 is 0 Å². The van der Waals surface area contributed by atoms with Gasteiger partial charge in [0.25, 0.3) is 0 Å². The number of carbonyl (C=O) groups is 1. The Bertz CT molecular complexity index is 381. The molecule has 74 valence electrons. The molecule has 0 N–H and O–H groups in total. The van der Waals surface area contributed by atoms with Gasteiger partial charge in [-0.15, -0.1) is 0 Å². The van der Waals surface area contributed by atoms with Gasteiger partial charge in [-0.25, -0.2) is 4.98 Å². The summed E-state index contributed by atoms with van der Waals surface area (Å²) < 4.78 is 0.866. The third-order valence-electron chi connectivity index (χ3n) is 1.42. The maximum Gasteiger partial charge on any atom is 0.152 e. The minimum absolute atomic E-state index is 0.0354. The van der Waals surface area contributed by atoms with Crippen LogP contribution in [0.25, 0.3) is 6.08 Å². The Morgan fingerprint density at radius 3 is 2.71 bits per heavy atom. The topological polar surface area (TPSA) is 30.0 Å². The van der Waals surface area contributed by atoms with Crippen molar-refractivity contribution in [1.82, 2.24) is 4.98 Å². The minimum Gasteiger partial charge on any atom is -0.295 e. The van der Waals surface area contributed by atoms with E-state index in [1.807, 2.05) is 0 Å². The fourth-order valence-electron chi connectivity index (χ4n) is 0.816. The second kappa shape index (κ2) is 5.09. The van der Waals surface area contributed by atoms with Gasteiger partial charge in [-0.05, 0) is 47.7 Å². The number of carbonyl (C=O) groups excluding carboxylic acids is 1. The number of pyridine rings is 1. The second-order valence-corrected chi connectivity index (χ2v) is 4.48. The largest absolute Gasteiger partial charge is 0.295 e. The summed E-state index contributed by atoms with van der Waals surface area (Å²) in [5.74, 6) is -0.0354. The number of halogens is 3. The van der Waals surface area contributed by atoms with E-state index in [0.29, 0.717) is 15.9 Å². The molecule has 0 atom stereocenters. The summed E-state index contributed by atoms with van der Waals surface area (Å²) in [7, 11) is 0. The first kappa shape index (κ1) is 11.9. The highest BCUT2D eigenvalue weighted by Gasteiger charge is 2.05. The third-order valence-corrected chi connectivity index (χ3v) is 2.79. The van der Waals surface area contributed by atoms with Gasteiger partial charge in [-0.1, -0.05) is 23.2 Å². The fourth-order valence-corrected chi connectivity index (χ4v) is 2.38. The molecule has 0 bridgehead atoms. The lowest BCUT2D eigenvalue weighted by Gasteiger charge is -2.01. The minimum atomic E-state index is -0.0354. The van der Waals surface area contributed by atoms with E-state index >= 15 is 0 Å². The summed E-state index contributed by atoms with van der Waals surface area (Å²) in [5.41, 5.74) is 0.715. The molecule has 0 aliphatic rings. The Labute approximate surface area is 105 Å². The van der Waals surface area contributed by atoms with Crippen molar-refractivity contribution >= 4 is 57.7 Å². The van der Waals surface area contributed by atoms with Gasteiger partial charge in [0, 0.05) is 9.13 Å². The molecule has 14 heavy (non-hydrogen) atoms. The Kier molecular flexibility index (Phi) is 4.34. The molecule has 0 aliphatic heterocycles. The molecule has 0 aromatic carbocycles. The Morgan fingerprint density at radius 1 is 1.57 bits per heavy atom. The van der Waals surface area contributed by atoms with Crippen molar-refractivity contribution in [2.45, 2.75) is 6.92 Å². The van der Waals surface area contributed by atoms with Crippen LogP contribution in [0, 0.1) is 3.57 Å². The molecule has 0 saturated heterocycles. The van der Waals surface area contributed by atoms with Crippen LogP contribution in [0.15, 0.2) is 12.1 Å². The molecule has 0 unspecified atom stereocenters. The van der Waals surface area contributed by atoms with E-state index in [2.05, 4.69) is 27.6 Å². The van der Waals surface area contributed by atoms with Gasteiger partial charge >= 0.3 is 0 Å². The summed E-state index contributed by atoms with van der Waals surface area (Å²) >= 11 is 13.6. The highest BCUT2D eigenvalue weighted by Crippen LogP contribution is 2.24. The van der Waals surface area contributed by atoms with Gasteiger partial charge in [0.05, 0.1) is 0 Å². The van der Waals surface area contributed by atoms with Gasteiger partial charge < -0.3 is 0 Å². The monoisotopic (exact) mass is 341 g/mol. The lowest BCUT2D eigenvalue weighted by atomic mass is 10.2. The average molecular weight is 342 g/mol. The zero-order chi connectivity index (χ0) is 10.7. The SMILES string of the molecule is CC(=O)/C=C/c1c(I)cc(Cl)nc1Cl. The van der Waals surface area contributed by atoms with Crippen LogP contribution in [-0.2, 0) is 4.79 Å². The molecule has 2 nitrogen and oxygen atoms in total. The van der Waals surface area contributed by atoms with Crippen molar-refractivity contribution in [2.24, 2.45) is 0 Å². The molecule has 1 heterocycles. The number of allylic oxidation sites excluding steroid dienone is 1. The number of rotatable bonds is 2. The number of ketones is 1. The van der Waals surface area contributed by atoms with Gasteiger partial charge in [0.15, 0.2) is 5.78 Å². The summed E-state index contributed by atoms with van der Waals surface area (Å²) in [6.45, 7) is 1.47. The van der Waals surface area contributed by atoms with Crippen LogP contribution in [0.3, 0.4) is 0 Å². The predicted molar refractivity (Wildman–Crippen MR) is 66.7 cm³/mol. The van der Waals surface area contributed by atoms with Crippen LogP contribution in [0.2, 0.25) is 10.3 Å². The maximum absolute atomic E-state index is 10.7. The molecular formula is C9H6Cl2INO. The lowest BCUT2D eigenvalue weighted by Crippen LogP contribution is -1.88. The Balaban J connectivity index is 3.15. The lowest BCUT2D eigenvalue weighted by molar-refractivity contribution is -0.112. The predicted octanol–water partition coefficient (Wildman–Crippen LogP) is 3.60. The van der Waals surface area contributed by atoms with Crippen LogP contribution in [0.4, 0.5) is 0 Å². The van der Waals surface area contributed by atoms with Crippen molar-refractivity contribution in [3.8, 4) is 0 Å². The normalized spacial score (nSPS) is 10.9. The maximum atomic E-state index is 10.7. The van der Waals surface area contributed by atoms with Crippen molar-refractivity contribution in [3.05, 3.63) is 31.6 Å². The average Bonchev–Trinajstić information content (AvgIpc) is 2.01. The number of aromatic nitrogens is 1. The fraction of sp³-hybridized carbons (Fsp3) is 0.111. The summed E-state index contributed by atoms with van der Waals surface area (Å²) in [6.07, 6.45) is 3.08. The second-order valence-electron chi connectivity index (χ2n) is 2.58. The highest BCUT2D eigenvalue weighted by molar-refractivity contribution is 14.1. The van der Waals surface area contributed by atoms with E-state index in [0.717, 1.165) is 3.57 Å². The smallest absolute Gasteiger partial charge is 0.152 e. The molecule has 0 saturated carbocycles. The molecule has 0 spiro atoms. The molecule has 5 heteroatoms. The molecule has 0 aliphatic carbocycles. The number of nitrogens with zero attached hydrogens (tertiary/aromatic N) is 1. The molecule has 1 rings (SSSR count). The first-order valence-electron chi connectivity index (χ1n) is 3.71. The van der Waals surface area contributed by atoms with E-state index in [1.165, 1.54) is 13.0 Å². The van der Waals surface area contributed by atoms with E-state index in [9.17, 15) is 4.79 Å². The first-order valence-corrected chi connectivity index (χ1v) is 5.54. The van der Waals surface area contributed by atoms with Gasteiger partial charge in [0.2, 0.25) is 0 Å². The molecule has 1 aromatic heterocycles. The van der Waals surface area contributed by atoms with Gasteiger partial charge in [0.1, 0.15) is 10.3 Å². The molecule has 1 aromatic rings. The van der Waals surface area contributed by atoms with E-state index in [4.69, 9.17) is 23.2 Å². The highest BCUT2D eigenvalue weighted by atomic mass is 127. The molecule has 0 amide bonds. The van der Waals surface area contributed by atoms with Crippen LogP contribution < -0.4 is 0 Å². The van der Waals surface area contributed by atoms with Crippen molar-refractivity contribution in [1.29, 1.82) is 0 Å². The van der Waals surface area contributed by atoms with Crippen LogP contribution >= 0.6 is 45.8 Å². The number of hydrogen-bond acceptors (Lipinski definition) is 2. The van der Waals surface area contributed by atoms with Crippen LogP contribution in [0.1, 0.15) is 12.5 Å². The number of hydrogen-bond donors (Lipinski definition) is 0. The summed E-state index contributed by atoms with van der Waals surface area (Å²) in [4.78, 5) is 14.6. The standard InChI is InChI=1S/C9H6Cl2INO/c1-5(14)2-3-6-7(12)4-8(10)13-9(6)11/h2-4H,1H3/b3-2+. The molecular weight excluding hydrogens is 336 g/mol. The Morgan fingerprint density at radius 2 is 2.21 bits per heavy atom. The van der Waals surface area contributed by atoms with Gasteiger partial charge in [-0.2, -0.15) is 0 Å². The summed E-state index contributed by atoms with van der Waals surface area (Å²) in [6, 6.07) is 1.69. The van der Waals surface area contributed by atoms with Crippen LogP contribution in [-0.4, -0.2) is 10.8 Å². The van der Waals surface area contributed by atoms with Gasteiger partial charge in [-0.3, -0.25) is 4.79 Å². The quantitative estimate of drug-likeness (QED) is 0.467. The van der Waals surface area contributed by atoms with Crippen molar-refractivity contribution < 1.29 is 4.79 Å².